The molecule has 2 fully saturated rings. The molecule has 146 valence electrons. The minimum atomic E-state index is 0.876. The van der Waals surface area contributed by atoms with E-state index in [4.69, 9.17) is 0 Å². The van der Waals surface area contributed by atoms with Crippen LogP contribution in [0.4, 0.5) is 0 Å². The summed E-state index contributed by atoms with van der Waals surface area (Å²) in [6.07, 6.45) is 14.5. The van der Waals surface area contributed by atoms with Gasteiger partial charge in [0.05, 0.1) is 0 Å². The van der Waals surface area contributed by atoms with E-state index in [1.54, 1.807) is 0 Å². The first kappa shape index (κ1) is 20.2. The minimum Gasteiger partial charge on any atom is -0.315 e. The van der Waals surface area contributed by atoms with E-state index < -0.39 is 0 Å². The van der Waals surface area contributed by atoms with Gasteiger partial charge in [-0.25, -0.2) is 0 Å². The molecule has 0 bridgehead atoms. The summed E-state index contributed by atoms with van der Waals surface area (Å²) >= 11 is 2.05. The topological polar surface area (TPSA) is 15.3 Å². The summed E-state index contributed by atoms with van der Waals surface area (Å²) in [5, 5.41) is 3.72. The number of hydrogen-bond acceptors (Lipinski definition) is 3. The van der Waals surface area contributed by atoms with Crippen LogP contribution in [-0.2, 0) is 5.75 Å². The van der Waals surface area contributed by atoms with Gasteiger partial charge in [0.2, 0.25) is 0 Å². The zero-order chi connectivity index (χ0) is 17.9. The Morgan fingerprint density at radius 3 is 2.04 bits per heavy atom. The average molecular weight is 375 g/mol. The molecule has 1 N–H and O–H groups in total. The molecule has 0 saturated heterocycles. The van der Waals surface area contributed by atoms with E-state index in [-0.39, 0.29) is 0 Å². The van der Waals surface area contributed by atoms with Crippen molar-refractivity contribution in [3.8, 4) is 0 Å². The zero-order valence-electron chi connectivity index (χ0n) is 16.5. The summed E-state index contributed by atoms with van der Waals surface area (Å²) in [5.74, 6) is 2.35. The van der Waals surface area contributed by atoms with Crippen molar-refractivity contribution in [1.82, 2.24) is 10.2 Å². The molecule has 3 rings (SSSR count). The fourth-order valence-electron chi connectivity index (χ4n) is 4.73. The van der Waals surface area contributed by atoms with Gasteiger partial charge in [0.15, 0.2) is 0 Å². The molecule has 3 heteroatoms. The van der Waals surface area contributed by atoms with E-state index in [2.05, 4.69) is 40.5 Å². The number of benzene rings is 1. The SMILES string of the molecule is c1ccc(CSCCNCCN(C2CCCCC2)C2CCCCC2)cc1. The molecule has 2 aliphatic rings. The number of thioether (sulfide) groups is 1. The quantitative estimate of drug-likeness (QED) is 0.546. The van der Waals surface area contributed by atoms with Gasteiger partial charge >= 0.3 is 0 Å². The van der Waals surface area contributed by atoms with Crippen LogP contribution in [0.15, 0.2) is 30.3 Å². The number of nitrogens with one attached hydrogen (secondary N) is 1. The largest absolute Gasteiger partial charge is 0.315 e. The molecule has 2 saturated carbocycles. The van der Waals surface area contributed by atoms with Crippen molar-refractivity contribution in [2.24, 2.45) is 0 Å². The smallest absolute Gasteiger partial charge is 0.0185 e. The molecule has 1 aromatic rings. The Morgan fingerprint density at radius 1 is 0.808 bits per heavy atom. The Bertz CT molecular complexity index is 448. The van der Waals surface area contributed by atoms with E-state index in [9.17, 15) is 0 Å². The predicted octanol–water partition coefficient (Wildman–Crippen LogP) is 5.48. The highest BCUT2D eigenvalue weighted by atomic mass is 32.2. The van der Waals surface area contributed by atoms with E-state index in [0.717, 1.165) is 24.4 Å². The third-order valence-corrected chi connectivity index (χ3v) is 7.20. The molecule has 0 spiro atoms. The highest BCUT2D eigenvalue weighted by Gasteiger charge is 2.28. The van der Waals surface area contributed by atoms with Crippen LogP contribution in [0.2, 0.25) is 0 Å². The van der Waals surface area contributed by atoms with Gasteiger partial charge < -0.3 is 5.32 Å². The number of hydrogen-bond donors (Lipinski definition) is 1. The maximum absolute atomic E-state index is 3.72. The highest BCUT2D eigenvalue weighted by molar-refractivity contribution is 7.98. The van der Waals surface area contributed by atoms with Crippen LogP contribution in [0, 0.1) is 0 Å². The molecule has 1 aromatic carbocycles. The number of rotatable bonds is 10. The van der Waals surface area contributed by atoms with E-state index in [1.165, 1.54) is 88.6 Å². The second kappa shape index (κ2) is 12.0. The van der Waals surface area contributed by atoms with Crippen molar-refractivity contribution >= 4 is 11.8 Å². The Morgan fingerprint density at radius 2 is 1.42 bits per heavy atom. The Labute approximate surface area is 165 Å². The second-order valence-corrected chi connectivity index (χ2v) is 9.21. The molecule has 0 unspecified atom stereocenters. The van der Waals surface area contributed by atoms with Gasteiger partial charge in [0.1, 0.15) is 0 Å². The lowest BCUT2D eigenvalue weighted by atomic mass is 9.88. The fourth-order valence-corrected chi connectivity index (χ4v) is 5.59. The fraction of sp³-hybridized carbons (Fsp3) is 0.739. The van der Waals surface area contributed by atoms with Gasteiger partial charge in [-0.15, -0.1) is 0 Å². The molecule has 0 radical (unpaired) electrons. The molecule has 0 aliphatic heterocycles. The zero-order valence-corrected chi connectivity index (χ0v) is 17.3. The summed E-state index contributed by atoms with van der Waals surface area (Å²) in [4.78, 5) is 2.92. The molecular weight excluding hydrogens is 336 g/mol. The summed E-state index contributed by atoms with van der Waals surface area (Å²) in [6.45, 7) is 3.57. The average Bonchev–Trinajstić information content (AvgIpc) is 2.72. The van der Waals surface area contributed by atoms with Gasteiger partial charge in [0.25, 0.3) is 0 Å². The van der Waals surface area contributed by atoms with Gasteiger partial charge in [0, 0.05) is 43.2 Å². The number of nitrogens with zero attached hydrogens (tertiary/aromatic N) is 1. The van der Waals surface area contributed by atoms with E-state index in [1.807, 2.05) is 11.8 Å². The van der Waals surface area contributed by atoms with Crippen LogP contribution < -0.4 is 5.32 Å². The van der Waals surface area contributed by atoms with E-state index >= 15 is 0 Å². The Kier molecular flexibility index (Phi) is 9.37. The van der Waals surface area contributed by atoms with Crippen LogP contribution in [0.3, 0.4) is 0 Å². The second-order valence-electron chi connectivity index (χ2n) is 8.11. The molecular formula is C23H38N2S. The molecule has 2 nitrogen and oxygen atoms in total. The first-order chi connectivity index (χ1) is 12.9. The third kappa shape index (κ3) is 6.90. The van der Waals surface area contributed by atoms with Crippen molar-refractivity contribution in [2.45, 2.75) is 82.0 Å². The highest BCUT2D eigenvalue weighted by Crippen LogP contribution is 2.29. The lowest BCUT2D eigenvalue weighted by Crippen LogP contribution is -2.48. The summed E-state index contributed by atoms with van der Waals surface area (Å²) in [5.41, 5.74) is 1.44. The van der Waals surface area contributed by atoms with Gasteiger partial charge in [-0.2, -0.15) is 11.8 Å². The predicted molar refractivity (Wildman–Crippen MR) is 116 cm³/mol. The first-order valence-electron chi connectivity index (χ1n) is 11.0. The first-order valence-corrected chi connectivity index (χ1v) is 12.2. The molecule has 0 aromatic heterocycles. The molecule has 0 heterocycles. The van der Waals surface area contributed by atoms with Crippen LogP contribution in [-0.4, -0.2) is 42.4 Å². The van der Waals surface area contributed by atoms with Gasteiger partial charge in [-0.3, -0.25) is 4.90 Å². The van der Waals surface area contributed by atoms with Crippen LogP contribution in [0.25, 0.3) is 0 Å². The summed E-state index contributed by atoms with van der Waals surface area (Å²) in [7, 11) is 0. The van der Waals surface area contributed by atoms with Crippen molar-refractivity contribution in [2.75, 3.05) is 25.4 Å². The van der Waals surface area contributed by atoms with Crippen molar-refractivity contribution in [1.29, 1.82) is 0 Å². The lowest BCUT2D eigenvalue weighted by molar-refractivity contribution is 0.0820. The third-order valence-electron chi connectivity index (χ3n) is 6.17. The van der Waals surface area contributed by atoms with Gasteiger partial charge in [-0.1, -0.05) is 68.9 Å². The Hall–Kier alpha value is -0.510. The summed E-state index contributed by atoms with van der Waals surface area (Å²) in [6, 6.07) is 12.6. The maximum Gasteiger partial charge on any atom is 0.0185 e. The van der Waals surface area contributed by atoms with Gasteiger partial charge in [-0.05, 0) is 31.2 Å². The molecule has 0 atom stereocenters. The Balaban J connectivity index is 1.33. The normalized spacial score (nSPS) is 19.9. The van der Waals surface area contributed by atoms with Crippen LogP contribution in [0.1, 0.15) is 69.8 Å². The lowest BCUT2D eigenvalue weighted by Gasteiger charge is -2.41. The molecule has 2 aliphatic carbocycles. The maximum atomic E-state index is 3.72. The standard InChI is InChI=1S/C23H38N2S/c1-4-10-21(11-5-1)20-26-19-17-24-16-18-25(22-12-6-2-7-13-22)23-14-8-3-9-15-23/h1,4-5,10-11,22-24H,2-3,6-9,12-20H2. The van der Waals surface area contributed by atoms with Crippen molar-refractivity contribution in [3.63, 3.8) is 0 Å². The van der Waals surface area contributed by atoms with Crippen molar-refractivity contribution < 1.29 is 0 Å². The monoisotopic (exact) mass is 374 g/mol. The van der Waals surface area contributed by atoms with Crippen LogP contribution >= 0.6 is 11.8 Å². The van der Waals surface area contributed by atoms with E-state index in [0.29, 0.717) is 0 Å². The minimum absolute atomic E-state index is 0.876. The van der Waals surface area contributed by atoms with Crippen LogP contribution in [0.5, 0.6) is 0 Å². The molecule has 26 heavy (non-hydrogen) atoms. The van der Waals surface area contributed by atoms with Crippen molar-refractivity contribution in [3.05, 3.63) is 35.9 Å². The summed E-state index contributed by atoms with van der Waals surface area (Å²) < 4.78 is 0. The molecule has 0 amide bonds.